The summed E-state index contributed by atoms with van der Waals surface area (Å²) in [5, 5.41) is 24.0. The Morgan fingerprint density at radius 2 is 2.17 bits per heavy atom. The molecule has 0 aliphatic heterocycles. The van der Waals surface area contributed by atoms with Crippen LogP contribution in [-0.4, -0.2) is 22.2 Å². The molecule has 0 radical (unpaired) electrons. The van der Waals surface area contributed by atoms with Crippen molar-refractivity contribution >= 4 is 16.3 Å². The molecule has 1 aliphatic carbocycles. The second-order valence-corrected chi connectivity index (χ2v) is 5.84. The summed E-state index contributed by atoms with van der Waals surface area (Å²) in [6.07, 6.45) is 4.95. The summed E-state index contributed by atoms with van der Waals surface area (Å²) in [6.45, 7) is 0.597. The van der Waals surface area contributed by atoms with Gasteiger partial charge in [0.2, 0.25) is 0 Å². The van der Waals surface area contributed by atoms with Crippen molar-refractivity contribution in [2.75, 3.05) is 0 Å². The van der Waals surface area contributed by atoms with E-state index in [-0.39, 0.29) is 22.1 Å². The third-order valence-electron chi connectivity index (χ3n) is 3.35. The molecule has 2 rings (SSSR count). The van der Waals surface area contributed by atoms with Gasteiger partial charge < -0.3 is 10.4 Å². The van der Waals surface area contributed by atoms with E-state index >= 15 is 0 Å². The van der Waals surface area contributed by atoms with Gasteiger partial charge in [0.1, 0.15) is 0 Å². The highest BCUT2D eigenvalue weighted by Gasteiger charge is 2.21. The summed E-state index contributed by atoms with van der Waals surface area (Å²) < 4.78 is 0. The van der Waals surface area contributed by atoms with E-state index in [1.807, 2.05) is 0 Å². The van der Waals surface area contributed by atoms with Gasteiger partial charge in [-0.15, -0.1) is 0 Å². The van der Waals surface area contributed by atoms with Crippen molar-refractivity contribution in [1.29, 1.82) is 0 Å². The number of rotatable bonds is 4. The van der Waals surface area contributed by atoms with Crippen LogP contribution in [0.3, 0.4) is 0 Å². The van der Waals surface area contributed by atoms with Crippen molar-refractivity contribution in [2.24, 2.45) is 0 Å². The van der Waals surface area contributed by atoms with Crippen LogP contribution in [0.1, 0.15) is 37.0 Å². The van der Waals surface area contributed by atoms with Gasteiger partial charge in [0.25, 0.3) is 0 Å². The quantitative estimate of drug-likeness (QED) is 0.500. The van der Waals surface area contributed by atoms with Gasteiger partial charge in [0.05, 0.1) is 11.0 Å². The zero-order valence-corrected chi connectivity index (χ0v) is 11.0. The third kappa shape index (κ3) is 3.51. The number of nitrogens with zero attached hydrogens (tertiary/aromatic N) is 1. The van der Waals surface area contributed by atoms with Crippen molar-refractivity contribution in [2.45, 2.75) is 50.8 Å². The van der Waals surface area contributed by atoms with Gasteiger partial charge in [-0.3, -0.25) is 10.1 Å². The van der Waals surface area contributed by atoms with Gasteiger partial charge in [-0.25, -0.2) is 0 Å². The predicted octanol–water partition coefficient (Wildman–Crippen LogP) is 2.44. The predicted molar refractivity (Wildman–Crippen MR) is 70.7 cm³/mol. The first kappa shape index (κ1) is 13.5. The molecule has 1 aliphatic rings. The van der Waals surface area contributed by atoms with Crippen LogP contribution in [-0.2, 0) is 6.54 Å². The zero-order chi connectivity index (χ0) is 13.0. The maximum atomic E-state index is 10.6. The van der Waals surface area contributed by atoms with E-state index in [1.54, 1.807) is 6.07 Å². The molecule has 0 spiro atoms. The van der Waals surface area contributed by atoms with E-state index in [1.165, 1.54) is 23.8 Å². The van der Waals surface area contributed by atoms with Gasteiger partial charge in [0, 0.05) is 23.5 Å². The summed E-state index contributed by atoms with van der Waals surface area (Å²) in [5.74, 6) is 0. The fourth-order valence-electron chi connectivity index (χ4n) is 2.32. The molecule has 18 heavy (non-hydrogen) atoms. The lowest BCUT2D eigenvalue weighted by molar-refractivity contribution is -0.380. The van der Waals surface area contributed by atoms with E-state index in [9.17, 15) is 15.2 Å². The van der Waals surface area contributed by atoms with Crippen LogP contribution in [0.2, 0.25) is 0 Å². The van der Waals surface area contributed by atoms with Crippen molar-refractivity contribution < 1.29 is 10.0 Å². The summed E-state index contributed by atoms with van der Waals surface area (Å²) in [5.41, 5.74) is 0. The molecule has 1 fully saturated rings. The van der Waals surface area contributed by atoms with E-state index in [0.29, 0.717) is 6.54 Å². The van der Waals surface area contributed by atoms with Gasteiger partial charge in [-0.05, 0) is 18.9 Å². The average Bonchev–Trinajstić information content (AvgIpc) is 2.72. The second-order valence-electron chi connectivity index (χ2n) is 4.69. The van der Waals surface area contributed by atoms with Crippen LogP contribution >= 0.6 is 11.3 Å². The minimum Gasteiger partial charge on any atom is -0.392 e. The molecular weight excluding hydrogens is 252 g/mol. The number of thiophene rings is 1. The van der Waals surface area contributed by atoms with E-state index in [4.69, 9.17) is 0 Å². The Morgan fingerprint density at radius 1 is 1.39 bits per heavy atom. The van der Waals surface area contributed by atoms with Crippen molar-refractivity contribution in [3.05, 3.63) is 27.1 Å². The van der Waals surface area contributed by atoms with Crippen LogP contribution < -0.4 is 5.32 Å². The third-order valence-corrected chi connectivity index (χ3v) is 4.38. The van der Waals surface area contributed by atoms with Gasteiger partial charge >= 0.3 is 5.00 Å². The number of hydrogen-bond acceptors (Lipinski definition) is 5. The minimum atomic E-state index is -0.366. The number of aliphatic hydroxyl groups is 1. The van der Waals surface area contributed by atoms with Gasteiger partial charge in [-0.2, -0.15) is 0 Å². The summed E-state index contributed by atoms with van der Waals surface area (Å²) in [6, 6.07) is 3.43. The Morgan fingerprint density at radius 3 is 2.89 bits per heavy atom. The van der Waals surface area contributed by atoms with Crippen molar-refractivity contribution in [3.63, 3.8) is 0 Å². The van der Waals surface area contributed by atoms with Crippen LogP contribution in [0, 0.1) is 10.1 Å². The summed E-state index contributed by atoms with van der Waals surface area (Å²) >= 11 is 1.19. The number of nitrogens with one attached hydrogen (secondary N) is 1. The zero-order valence-electron chi connectivity index (χ0n) is 10.2. The van der Waals surface area contributed by atoms with Crippen molar-refractivity contribution in [3.8, 4) is 0 Å². The molecule has 2 atom stereocenters. The molecule has 0 aromatic carbocycles. The Balaban J connectivity index is 1.87. The highest BCUT2D eigenvalue weighted by molar-refractivity contribution is 7.15. The maximum absolute atomic E-state index is 10.6. The first-order valence-corrected chi connectivity index (χ1v) is 7.13. The second kappa shape index (κ2) is 6.26. The molecule has 6 heteroatoms. The first-order valence-electron chi connectivity index (χ1n) is 6.31. The molecule has 1 aromatic rings. The maximum Gasteiger partial charge on any atom is 0.324 e. The molecule has 100 valence electrons. The summed E-state index contributed by atoms with van der Waals surface area (Å²) in [7, 11) is 0. The molecule has 2 unspecified atom stereocenters. The number of hydrogen-bond donors (Lipinski definition) is 2. The van der Waals surface area contributed by atoms with Crippen LogP contribution in [0.15, 0.2) is 12.1 Å². The van der Waals surface area contributed by atoms with E-state index in [0.717, 1.165) is 30.6 Å². The number of nitro groups is 1. The van der Waals surface area contributed by atoms with Crippen LogP contribution in [0.5, 0.6) is 0 Å². The molecule has 5 nitrogen and oxygen atoms in total. The molecule has 0 bridgehead atoms. The number of aliphatic hydroxyl groups excluding tert-OH is 1. The molecule has 0 amide bonds. The van der Waals surface area contributed by atoms with Crippen LogP contribution in [0.25, 0.3) is 0 Å². The molecule has 1 aromatic heterocycles. The normalized spacial score (nSPS) is 24.7. The molecule has 0 saturated heterocycles. The topological polar surface area (TPSA) is 75.4 Å². The van der Waals surface area contributed by atoms with Gasteiger partial charge in [-0.1, -0.05) is 30.6 Å². The monoisotopic (exact) mass is 270 g/mol. The van der Waals surface area contributed by atoms with Crippen LogP contribution in [0.4, 0.5) is 5.00 Å². The lowest BCUT2D eigenvalue weighted by Gasteiger charge is -2.21. The Hall–Kier alpha value is -0.980. The SMILES string of the molecule is O=[N+]([O-])c1ccc(CNC2CCCCCC2O)s1. The highest BCUT2D eigenvalue weighted by Crippen LogP contribution is 2.24. The Kier molecular flexibility index (Phi) is 4.68. The van der Waals surface area contributed by atoms with Crippen molar-refractivity contribution in [1.82, 2.24) is 5.32 Å². The van der Waals surface area contributed by atoms with Gasteiger partial charge in [0.15, 0.2) is 0 Å². The molecule has 1 heterocycles. The Bertz CT molecular complexity index is 408. The summed E-state index contributed by atoms with van der Waals surface area (Å²) in [4.78, 5) is 11.1. The van der Waals surface area contributed by atoms with E-state index in [2.05, 4.69) is 5.32 Å². The fraction of sp³-hybridized carbons (Fsp3) is 0.667. The average molecular weight is 270 g/mol. The largest absolute Gasteiger partial charge is 0.392 e. The molecular formula is C12H18N2O3S. The van der Waals surface area contributed by atoms with E-state index < -0.39 is 0 Å². The molecule has 2 N–H and O–H groups in total. The lowest BCUT2D eigenvalue weighted by Crippen LogP contribution is -2.38. The highest BCUT2D eigenvalue weighted by atomic mass is 32.1. The first-order chi connectivity index (χ1) is 8.66. The fourth-order valence-corrected chi connectivity index (χ4v) is 3.09. The standard InChI is InChI=1S/C12H18N2O3S/c15-11-5-3-1-2-4-10(11)13-8-9-6-7-12(18-9)14(16)17/h6-7,10-11,13,15H,1-5,8H2. The lowest BCUT2D eigenvalue weighted by atomic mass is 10.1. The molecule has 1 saturated carbocycles. The Labute approximate surface area is 110 Å². The minimum absolute atomic E-state index is 0.119. The smallest absolute Gasteiger partial charge is 0.324 e.